The van der Waals surface area contributed by atoms with E-state index in [1.165, 1.54) is 30.6 Å². The van der Waals surface area contributed by atoms with E-state index < -0.39 is 0 Å². The molecule has 0 saturated heterocycles. The lowest BCUT2D eigenvalue weighted by atomic mass is 9.76. The van der Waals surface area contributed by atoms with E-state index >= 15 is 0 Å². The lowest BCUT2D eigenvalue weighted by Gasteiger charge is -2.33. The SMILES string of the molecule is CCC1(C(O)Cc2sccc2Br)CCCC1. The van der Waals surface area contributed by atoms with Crippen molar-refractivity contribution in [1.29, 1.82) is 0 Å². The van der Waals surface area contributed by atoms with Crippen molar-refractivity contribution in [2.75, 3.05) is 0 Å². The van der Waals surface area contributed by atoms with Crippen LogP contribution >= 0.6 is 27.3 Å². The summed E-state index contributed by atoms with van der Waals surface area (Å²) in [6.07, 6.45) is 6.73. The molecule has 16 heavy (non-hydrogen) atoms. The topological polar surface area (TPSA) is 20.2 Å². The lowest BCUT2D eigenvalue weighted by Crippen LogP contribution is -2.33. The third-order valence-corrected chi connectivity index (χ3v) is 6.03. The summed E-state index contributed by atoms with van der Waals surface area (Å²) in [4.78, 5) is 1.28. The fraction of sp³-hybridized carbons (Fsp3) is 0.692. The van der Waals surface area contributed by atoms with Gasteiger partial charge in [-0.25, -0.2) is 0 Å². The van der Waals surface area contributed by atoms with E-state index in [9.17, 15) is 5.11 Å². The number of halogens is 1. The maximum atomic E-state index is 10.5. The van der Waals surface area contributed by atoms with Crippen molar-refractivity contribution >= 4 is 27.3 Å². The van der Waals surface area contributed by atoms with Crippen molar-refractivity contribution < 1.29 is 5.11 Å². The fourth-order valence-corrected chi connectivity index (χ4v) is 4.42. The molecule has 3 heteroatoms. The molecule has 0 bridgehead atoms. The van der Waals surface area contributed by atoms with Gasteiger partial charge in [0.2, 0.25) is 0 Å². The molecule has 1 aliphatic carbocycles. The first-order valence-corrected chi connectivity index (χ1v) is 7.75. The third kappa shape index (κ3) is 2.36. The fourth-order valence-electron chi connectivity index (χ4n) is 2.86. The molecule has 1 unspecified atom stereocenters. The first-order chi connectivity index (χ1) is 7.68. The molecule has 1 N–H and O–H groups in total. The molecule has 1 aromatic heterocycles. The van der Waals surface area contributed by atoms with E-state index in [4.69, 9.17) is 0 Å². The number of rotatable bonds is 4. The Kier molecular flexibility index (Phi) is 4.09. The zero-order valence-corrected chi connectivity index (χ0v) is 12.1. The second kappa shape index (κ2) is 5.19. The number of hydrogen-bond acceptors (Lipinski definition) is 2. The molecular formula is C13H19BrOS. The van der Waals surface area contributed by atoms with Crippen molar-refractivity contribution in [3.63, 3.8) is 0 Å². The molecule has 90 valence electrons. The minimum Gasteiger partial charge on any atom is -0.392 e. The zero-order valence-electron chi connectivity index (χ0n) is 9.71. The summed E-state index contributed by atoms with van der Waals surface area (Å²) in [6, 6.07) is 2.07. The molecule has 1 aliphatic rings. The van der Waals surface area contributed by atoms with Crippen LogP contribution in [0.25, 0.3) is 0 Å². The monoisotopic (exact) mass is 302 g/mol. The van der Waals surface area contributed by atoms with Crippen LogP contribution in [0, 0.1) is 5.41 Å². The van der Waals surface area contributed by atoms with E-state index in [2.05, 4.69) is 34.3 Å². The van der Waals surface area contributed by atoms with Crippen LogP contribution in [0.15, 0.2) is 15.9 Å². The van der Waals surface area contributed by atoms with E-state index in [-0.39, 0.29) is 11.5 Å². The maximum Gasteiger partial charge on any atom is 0.0644 e. The highest BCUT2D eigenvalue weighted by Gasteiger charge is 2.38. The van der Waals surface area contributed by atoms with Gasteiger partial charge in [0.1, 0.15) is 0 Å². The van der Waals surface area contributed by atoms with Gasteiger partial charge in [0.05, 0.1) is 6.10 Å². The Balaban J connectivity index is 2.07. The first kappa shape index (κ1) is 12.6. The van der Waals surface area contributed by atoms with Gasteiger partial charge >= 0.3 is 0 Å². The van der Waals surface area contributed by atoms with Gasteiger partial charge in [-0.1, -0.05) is 19.8 Å². The van der Waals surface area contributed by atoms with Crippen LogP contribution < -0.4 is 0 Å². The van der Waals surface area contributed by atoms with Crippen molar-refractivity contribution in [3.8, 4) is 0 Å². The molecule has 0 spiro atoms. The summed E-state index contributed by atoms with van der Waals surface area (Å²) < 4.78 is 1.15. The van der Waals surface area contributed by atoms with Crippen LogP contribution in [-0.2, 0) is 6.42 Å². The summed E-state index contributed by atoms with van der Waals surface area (Å²) in [7, 11) is 0. The van der Waals surface area contributed by atoms with Gasteiger partial charge in [0.15, 0.2) is 0 Å². The number of aliphatic hydroxyl groups is 1. The Hall–Kier alpha value is 0.140. The molecule has 1 aromatic rings. The highest BCUT2D eigenvalue weighted by Crippen LogP contribution is 2.45. The van der Waals surface area contributed by atoms with E-state index in [0.29, 0.717) is 0 Å². The van der Waals surface area contributed by atoms with Crippen LogP contribution in [0.3, 0.4) is 0 Å². The highest BCUT2D eigenvalue weighted by atomic mass is 79.9. The predicted molar refractivity (Wildman–Crippen MR) is 72.9 cm³/mol. The van der Waals surface area contributed by atoms with Crippen molar-refractivity contribution in [2.45, 2.75) is 51.6 Å². The zero-order chi connectivity index (χ0) is 11.6. The molecule has 1 fully saturated rings. The second-order valence-electron chi connectivity index (χ2n) is 4.83. The standard InChI is InChI=1S/C13H19BrOS/c1-2-13(6-3-4-7-13)12(15)9-11-10(14)5-8-16-11/h5,8,12,15H,2-4,6-7,9H2,1H3. The quantitative estimate of drug-likeness (QED) is 0.875. The minimum absolute atomic E-state index is 0.171. The van der Waals surface area contributed by atoms with Crippen molar-refractivity contribution in [1.82, 2.24) is 0 Å². The van der Waals surface area contributed by atoms with Gasteiger partial charge in [-0.3, -0.25) is 0 Å². The van der Waals surface area contributed by atoms with E-state index in [1.54, 1.807) is 11.3 Å². The maximum absolute atomic E-state index is 10.5. The largest absolute Gasteiger partial charge is 0.392 e. The van der Waals surface area contributed by atoms with Crippen LogP contribution in [-0.4, -0.2) is 11.2 Å². The van der Waals surface area contributed by atoms with Gasteiger partial charge in [-0.2, -0.15) is 0 Å². The second-order valence-corrected chi connectivity index (χ2v) is 6.69. The van der Waals surface area contributed by atoms with Crippen LogP contribution in [0.1, 0.15) is 43.9 Å². The molecule has 0 aliphatic heterocycles. The molecule has 0 aromatic carbocycles. The van der Waals surface area contributed by atoms with Crippen LogP contribution in [0.4, 0.5) is 0 Å². The van der Waals surface area contributed by atoms with E-state index in [0.717, 1.165) is 17.3 Å². The van der Waals surface area contributed by atoms with Crippen molar-refractivity contribution in [2.24, 2.45) is 5.41 Å². The summed E-state index contributed by atoms with van der Waals surface area (Å²) >= 11 is 5.28. The summed E-state index contributed by atoms with van der Waals surface area (Å²) in [6.45, 7) is 2.22. The predicted octanol–water partition coefficient (Wildman–Crippen LogP) is 4.38. The number of aliphatic hydroxyl groups excluding tert-OH is 1. The molecule has 2 rings (SSSR count). The summed E-state index contributed by atoms with van der Waals surface area (Å²) in [5.74, 6) is 0. The summed E-state index contributed by atoms with van der Waals surface area (Å²) in [5, 5.41) is 12.6. The Morgan fingerprint density at radius 1 is 1.50 bits per heavy atom. The normalized spacial score (nSPS) is 21.2. The molecule has 0 amide bonds. The van der Waals surface area contributed by atoms with Gasteiger partial charge in [0.25, 0.3) is 0 Å². The van der Waals surface area contributed by atoms with Crippen LogP contribution in [0.5, 0.6) is 0 Å². The molecule has 1 nitrogen and oxygen atoms in total. The minimum atomic E-state index is -0.171. The lowest BCUT2D eigenvalue weighted by molar-refractivity contribution is 0.0262. The van der Waals surface area contributed by atoms with Gasteiger partial charge in [0, 0.05) is 15.8 Å². The molecule has 1 atom stereocenters. The molecule has 0 radical (unpaired) electrons. The van der Waals surface area contributed by atoms with Crippen molar-refractivity contribution in [3.05, 3.63) is 20.8 Å². The van der Waals surface area contributed by atoms with Gasteiger partial charge in [-0.05, 0) is 52.1 Å². The smallest absolute Gasteiger partial charge is 0.0644 e. The Labute approximate surface area is 110 Å². The number of hydrogen-bond donors (Lipinski definition) is 1. The van der Waals surface area contributed by atoms with E-state index in [1.807, 2.05) is 0 Å². The third-order valence-electron chi connectivity index (χ3n) is 4.08. The first-order valence-electron chi connectivity index (χ1n) is 6.08. The average Bonchev–Trinajstić information content (AvgIpc) is 2.89. The Morgan fingerprint density at radius 3 is 2.69 bits per heavy atom. The molecule has 1 saturated carbocycles. The summed E-state index contributed by atoms with van der Waals surface area (Å²) in [5.41, 5.74) is 0.198. The number of thiophene rings is 1. The van der Waals surface area contributed by atoms with Gasteiger partial charge in [-0.15, -0.1) is 11.3 Å². The molecular weight excluding hydrogens is 284 g/mol. The van der Waals surface area contributed by atoms with Gasteiger partial charge < -0.3 is 5.11 Å². The Morgan fingerprint density at radius 2 is 2.19 bits per heavy atom. The van der Waals surface area contributed by atoms with Crippen LogP contribution in [0.2, 0.25) is 0 Å². The average molecular weight is 303 g/mol. The molecule has 1 heterocycles. The highest BCUT2D eigenvalue weighted by molar-refractivity contribution is 9.10. The Bertz CT molecular complexity index is 341.